The van der Waals surface area contributed by atoms with E-state index in [1.165, 1.54) is 0 Å². The minimum absolute atomic E-state index is 0.104. The fourth-order valence-electron chi connectivity index (χ4n) is 3.93. The van der Waals surface area contributed by atoms with E-state index in [0.717, 1.165) is 22.3 Å². The maximum Gasteiger partial charge on any atom is 0.295 e. The number of aryl methyl sites for hydroxylation is 3. The number of rotatable bonds is 7. The Kier molecular flexibility index (Phi) is 6.96. The van der Waals surface area contributed by atoms with Crippen LogP contribution in [0.3, 0.4) is 0 Å². The number of likely N-dealkylation sites (tertiary alicyclic amines) is 1. The van der Waals surface area contributed by atoms with Crippen molar-refractivity contribution in [2.75, 3.05) is 13.2 Å². The summed E-state index contributed by atoms with van der Waals surface area (Å²) in [4.78, 5) is 27.6. The van der Waals surface area contributed by atoms with E-state index in [2.05, 4.69) is 0 Å². The molecule has 0 aliphatic carbocycles. The SMILES string of the molecule is Cc1ccc(/C(O)=C2\C(=O)C(=O)N(CCCOC(C)C)C2c2ccccc2C)cc1C. The molecule has 2 aromatic carbocycles. The first-order valence-corrected chi connectivity index (χ1v) is 10.8. The fourth-order valence-corrected chi connectivity index (χ4v) is 3.93. The molecule has 0 radical (unpaired) electrons. The van der Waals surface area contributed by atoms with Gasteiger partial charge in [-0.15, -0.1) is 0 Å². The molecule has 1 heterocycles. The molecule has 1 fully saturated rings. The summed E-state index contributed by atoms with van der Waals surface area (Å²) in [7, 11) is 0. The fraction of sp³-hybridized carbons (Fsp3) is 0.385. The van der Waals surface area contributed by atoms with Gasteiger partial charge in [0.2, 0.25) is 0 Å². The molecule has 31 heavy (non-hydrogen) atoms. The normalized spacial score (nSPS) is 18.3. The highest BCUT2D eigenvalue weighted by Crippen LogP contribution is 2.40. The van der Waals surface area contributed by atoms with E-state index in [1.807, 2.05) is 71.0 Å². The van der Waals surface area contributed by atoms with Crippen LogP contribution in [0.2, 0.25) is 0 Å². The molecule has 0 aromatic heterocycles. The van der Waals surface area contributed by atoms with Crippen LogP contribution in [-0.2, 0) is 14.3 Å². The van der Waals surface area contributed by atoms with Crippen molar-refractivity contribution in [3.63, 3.8) is 0 Å². The zero-order valence-corrected chi connectivity index (χ0v) is 18.9. The number of Topliss-reactive ketones (excluding diaryl/α,β-unsaturated/α-hetero) is 1. The molecule has 5 heteroatoms. The predicted octanol–water partition coefficient (Wildman–Crippen LogP) is 4.85. The first-order valence-electron chi connectivity index (χ1n) is 10.8. The summed E-state index contributed by atoms with van der Waals surface area (Å²) in [5, 5.41) is 11.2. The van der Waals surface area contributed by atoms with Crippen LogP contribution in [0.15, 0.2) is 48.0 Å². The van der Waals surface area contributed by atoms with Crippen molar-refractivity contribution in [1.82, 2.24) is 4.90 Å². The Labute approximate surface area is 184 Å². The van der Waals surface area contributed by atoms with Crippen LogP contribution in [-0.4, -0.2) is 41.0 Å². The largest absolute Gasteiger partial charge is 0.507 e. The topological polar surface area (TPSA) is 66.8 Å². The molecule has 1 N–H and O–H groups in total. The van der Waals surface area contributed by atoms with Crippen molar-refractivity contribution in [1.29, 1.82) is 0 Å². The van der Waals surface area contributed by atoms with Crippen molar-refractivity contribution < 1.29 is 19.4 Å². The lowest BCUT2D eigenvalue weighted by atomic mass is 9.92. The van der Waals surface area contributed by atoms with Gasteiger partial charge < -0.3 is 14.7 Å². The van der Waals surface area contributed by atoms with Crippen LogP contribution >= 0.6 is 0 Å². The summed E-state index contributed by atoms with van der Waals surface area (Å²) in [5.41, 5.74) is 4.60. The number of benzene rings is 2. The predicted molar refractivity (Wildman–Crippen MR) is 122 cm³/mol. The number of carbonyl (C=O) groups is 2. The zero-order chi connectivity index (χ0) is 22.7. The molecular formula is C26H31NO4. The summed E-state index contributed by atoms with van der Waals surface area (Å²) in [5.74, 6) is -1.35. The van der Waals surface area contributed by atoms with Gasteiger partial charge in [0.1, 0.15) is 5.76 Å². The van der Waals surface area contributed by atoms with Gasteiger partial charge in [-0.1, -0.05) is 36.4 Å². The van der Waals surface area contributed by atoms with Crippen molar-refractivity contribution in [3.8, 4) is 0 Å². The highest BCUT2D eigenvalue weighted by atomic mass is 16.5. The molecule has 5 nitrogen and oxygen atoms in total. The average Bonchev–Trinajstić information content (AvgIpc) is 2.97. The lowest BCUT2D eigenvalue weighted by molar-refractivity contribution is -0.140. The van der Waals surface area contributed by atoms with E-state index in [0.29, 0.717) is 25.1 Å². The number of hydrogen-bond donors (Lipinski definition) is 1. The van der Waals surface area contributed by atoms with Crippen LogP contribution in [0.1, 0.15) is 54.1 Å². The van der Waals surface area contributed by atoms with E-state index in [-0.39, 0.29) is 17.4 Å². The first-order chi connectivity index (χ1) is 14.7. The summed E-state index contributed by atoms with van der Waals surface area (Å²) < 4.78 is 5.61. The first kappa shape index (κ1) is 22.8. The lowest BCUT2D eigenvalue weighted by Gasteiger charge is -2.26. The maximum atomic E-state index is 13.1. The minimum atomic E-state index is -0.645. The lowest BCUT2D eigenvalue weighted by Crippen LogP contribution is -2.31. The summed E-state index contributed by atoms with van der Waals surface area (Å²) >= 11 is 0. The molecule has 164 valence electrons. The van der Waals surface area contributed by atoms with E-state index in [4.69, 9.17) is 4.74 Å². The number of carbonyl (C=O) groups excluding carboxylic acids is 2. The van der Waals surface area contributed by atoms with Gasteiger partial charge in [0.15, 0.2) is 0 Å². The molecule has 1 unspecified atom stereocenters. The van der Waals surface area contributed by atoms with Gasteiger partial charge in [-0.25, -0.2) is 0 Å². The van der Waals surface area contributed by atoms with E-state index >= 15 is 0 Å². The average molecular weight is 422 g/mol. The van der Waals surface area contributed by atoms with Crippen LogP contribution in [0.5, 0.6) is 0 Å². The van der Waals surface area contributed by atoms with Gasteiger partial charge in [-0.2, -0.15) is 0 Å². The number of aliphatic hydroxyl groups is 1. The van der Waals surface area contributed by atoms with Crippen molar-refractivity contribution >= 4 is 17.4 Å². The van der Waals surface area contributed by atoms with Crippen LogP contribution < -0.4 is 0 Å². The van der Waals surface area contributed by atoms with Crippen LogP contribution in [0.25, 0.3) is 5.76 Å². The number of amides is 1. The van der Waals surface area contributed by atoms with E-state index in [1.54, 1.807) is 11.0 Å². The van der Waals surface area contributed by atoms with Crippen LogP contribution in [0.4, 0.5) is 0 Å². The van der Waals surface area contributed by atoms with Crippen molar-refractivity contribution in [3.05, 3.63) is 75.9 Å². The van der Waals surface area contributed by atoms with E-state index < -0.39 is 17.7 Å². The molecule has 1 aliphatic rings. The molecule has 1 atom stereocenters. The van der Waals surface area contributed by atoms with Crippen molar-refractivity contribution in [2.24, 2.45) is 0 Å². The molecule has 3 rings (SSSR count). The maximum absolute atomic E-state index is 13.1. The Bertz CT molecular complexity index is 1020. The third kappa shape index (κ3) is 4.72. The number of aliphatic hydroxyl groups excluding tert-OH is 1. The molecule has 0 bridgehead atoms. The quantitative estimate of drug-likeness (QED) is 0.300. The monoisotopic (exact) mass is 421 g/mol. The van der Waals surface area contributed by atoms with Gasteiger partial charge in [-0.3, -0.25) is 9.59 Å². The van der Waals surface area contributed by atoms with Crippen molar-refractivity contribution in [2.45, 2.75) is 53.2 Å². The van der Waals surface area contributed by atoms with Gasteiger partial charge in [0.05, 0.1) is 17.7 Å². The highest BCUT2D eigenvalue weighted by molar-refractivity contribution is 6.46. The number of ketones is 1. The Balaban J connectivity index is 2.07. The molecule has 0 spiro atoms. The number of hydrogen-bond acceptors (Lipinski definition) is 4. The highest BCUT2D eigenvalue weighted by Gasteiger charge is 2.46. The second-order valence-corrected chi connectivity index (χ2v) is 8.42. The summed E-state index contributed by atoms with van der Waals surface area (Å²) in [6, 6.07) is 12.6. The Morgan fingerprint density at radius 3 is 2.39 bits per heavy atom. The van der Waals surface area contributed by atoms with Gasteiger partial charge in [-0.05, 0) is 69.4 Å². The molecule has 0 saturated carbocycles. The molecular weight excluding hydrogens is 390 g/mol. The molecule has 2 aromatic rings. The third-order valence-electron chi connectivity index (χ3n) is 5.80. The third-order valence-corrected chi connectivity index (χ3v) is 5.80. The second kappa shape index (κ2) is 9.48. The van der Waals surface area contributed by atoms with Gasteiger partial charge in [0.25, 0.3) is 11.7 Å². The Hall–Kier alpha value is -2.92. The summed E-state index contributed by atoms with van der Waals surface area (Å²) in [6.45, 7) is 10.7. The van der Waals surface area contributed by atoms with Crippen LogP contribution in [0, 0.1) is 20.8 Å². The Morgan fingerprint density at radius 2 is 1.74 bits per heavy atom. The van der Waals surface area contributed by atoms with Gasteiger partial charge in [0, 0.05) is 18.7 Å². The zero-order valence-electron chi connectivity index (χ0n) is 18.9. The van der Waals surface area contributed by atoms with E-state index in [9.17, 15) is 14.7 Å². The minimum Gasteiger partial charge on any atom is -0.507 e. The van der Waals surface area contributed by atoms with Gasteiger partial charge >= 0.3 is 0 Å². The molecule has 1 amide bonds. The second-order valence-electron chi connectivity index (χ2n) is 8.42. The summed E-state index contributed by atoms with van der Waals surface area (Å²) in [6.07, 6.45) is 0.712. The Morgan fingerprint density at radius 1 is 1.03 bits per heavy atom. The molecule has 1 saturated heterocycles. The standard InChI is InChI=1S/C26H31NO4/c1-16(2)31-14-8-13-27-23(21-10-7-6-9-18(21)4)22(25(29)26(27)30)24(28)20-12-11-17(3)19(5)15-20/h6-7,9-12,15-16,23,28H,8,13-14H2,1-5H3/b24-22+. The number of ether oxygens (including phenoxy) is 1. The smallest absolute Gasteiger partial charge is 0.295 e. The number of nitrogens with zero attached hydrogens (tertiary/aromatic N) is 1. The molecule has 1 aliphatic heterocycles.